The highest BCUT2D eigenvalue weighted by atomic mass is 32.2. The molecule has 2 amide bonds. The van der Waals surface area contributed by atoms with Crippen molar-refractivity contribution in [2.45, 2.75) is 64.1 Å². The molecule has 0 radical (unpaired) electrons. The molecule has 0 unspecified atom stereocenters. The van der Waals surface area contributed by atoms with Gasteiger partial charge in [0.2, 0.25) is 21.8 Å². The van der Waals surface area contributed by atoms with Gasteiger partial charge >= 0.3 is 0 Å². The first-order valence-corrected chi connectivity index (χ1v) is 12.7. The molecule has 180 valence electrons. The van der Waals surface area contributed by atoms with Gasteiger partial charge in [0.1, 0.15) is 6.04 Å². The van der Waals surface area contributed by atoms with Gasteiger partial charge in [0.25, 0.3) is 0 Å². The highest BCUT2D eigenvalue weighted by Crippen LogP contribution is 2.17. The number of rotatable bonds is 11. The minimum Gasteiger partial charge on any atom is -0.352 e. The van der Waals surface area contributed by atoms with E-state index in [0.29, 0.717) is 6.42 Å². The highest BCUT2D eigenvalue weighted by Gasteiger charge is 2.32. The van der Waals surface area contributed by atoms with Gasteiger partial charge in [0, 0.05) is 19.6 Å². The molecular weight excluding hydrogens is 438 g/mol. The minimum absolute atomic E-state index is 0.0233. The first-order valence-electron chi connectivity index (χ1n) is 11.3. The van der Waals surface area contributed by atoms with E-state index in [1.807, 2.05) is 58.0 Å². The van der Waals surface area contributed by atoms with Crippen molar-refractivity contribution >= 4 is 21.8 Å². The number of aryl methyl sites for hydroxylation is 1. The fourth-order valence-corrected chi connectivity index (χ4v) is 4.52. The average molecular weight is 474 g/mol. The third-order valence-electron chi connectivity index (χ3n) is 5.67. The van der Waals surface area contributed by atoms with Crippen molar-refractivity contribution in [2.75, 3.05) is 13.6 Å². The summed E-state index contributed by atoms with van der Waals surface area (Å²) in [6, 6.07) is 15.1. The van der Waals surface area contributed by atoms with Crippen LogP contribution in [0.25, 0.3) is 0 Å². The Balaban J connectivity index is 2.29. The Labute approximate surface area is 197 Å². The lowest BCUT2D eigenvalue weighted by Crippen LogP contribution is -2.53. The minimum atomic E-state index is -3.85. The summed E-state index contributed by atoms with van der Waals surface area (Å²) in [5, 5.41) is 2.95. The SMILES string of the molecule is CC[C@@H](C)NC(=O)[C@H](CC)N(Cc1ccccc1)C(=O)CN(C)S(=O)(=O)c1ccc(C)cc1. The predicted octanol–water partition coefficient (Wildman–Crippen LogP) is 3.34. The summed E-state index contributed by atoms with van der Waals surface area (Å²) in [6.07, 6.45) is 1.18. The molecule has 0 bridgehead atoms. The number of likely N-dealkylation sites (N-methyl/N-ethyl adjacent to an activating group) is 1. The summed E-state index contributed by atoms with van der Waals surface area (Å²) in [6.45, 7) is 7.46. The molecule has 0 fully saturated rings. The first kappa shape index (κ1) is 26.5. The van der Waals surface area contributed by atoms with Crippen molar-refractivity contribution in [1.29, 1.82) is 0 Å². The van der Waals surface area contributed by atoms with E-state index < -0.39 is 22.0 Å². The predicted molar refractivity (Wildman–Crippen MR) is 130 cm³/mol. The molecule has 33 heavy (non-hydrogen) atoms. The maximum absolute atomic E-state index is 13.4. The van der Waals surface area contributed by atoms with E-state index in [-0.39, 0.29) is 29.9 Å². The van der Waals surface area contributed by atoms with E-state index in [4.69, 9.17) is 0 Å². The highest BCUT2D eigenvalue weighted by molar-refractivity contribution is 7.89. The lowest BCUT2D eigenvalue weighted by molar-refractivity contribution is -0.141. The fraction of sp³-hybridized carbons (Fsp3) is 0.440. The van der Waals surface area contributed by atoms with E-state index in [9.17, 15) is 18.0 Å². The van der Waals surface area contributed by atoms with Gasteiger partial charge in [-0.15, -0.1) is 0 Å². The number of benzene rings is 2. The first-order chi connectivity index (χ1) is 15.6. The monoisotopic (exact) mass is 473 g/mol. The third-order valence-corrected chi connectivity index (χ3v) is 7.49. The van der Waals surface area contributed by atoms with Crippen LogP contribution in [0.4, 0.5) is 0 Å². The maximum Gasteiger partial charge on any atom is 0.243 e. The van der Waals surface area contributed by atoms with Gasteiger partial charge in [-0.1, -0.05) is 61.9 Å². The normalized spacial score (nSPS) is 13.4. The van der Waals surface area contributed by atoms with Gasteiger partial charge in [-0.2, -0.15) is 4.31 Å². The lowest BCUT2D eigenvalue weighted by atomic mass is 10.1. The number of carbonyl (C=O) groups excluding carboxylic acids is 2. The van der Waals surface area contributed by atoms with Gasteiger partial charge < -0.3 is 10.2 Å². The Bertz CT molecular complexity index is 1020. The smallest absolute Gasteiger partial charge is 0.243 e. The van der Waals surface area contributed by atoms with E-state index in [1.165, 1.54) is 24.1 Å². The van der Waals surface area contributed by atoms with Crippen LogP contribution in [0.3, 0.4) is 0 Å². The zero-order valence-electron chi connectivity index (χ0n) is 20.1. The summed E-state index contributed by atoms with van der Waals surface area (Å²) < 4.78 is 27.0. The molecule has 2 atom stereocenters. The Morgan fingerprint density at radius 3 is 2.12 bits per heavy atom. The molecule has 0 saturated carbocycles. The number of amides is 2. The fourth-order valence-electron chi connectivity index (χ4n) is 3.40. The maximum atomic E-state index is 13.4. The van der Waals surface area contributed by atoms with Crippen LogP contribution in [0.2, 0.25) is 0 Å². The molecule has 0 aliphatic rings. The zero-order valence-corrected chi connectivity index (χ0v) is 20.9. The van der Waals surface area contributed by atoms with E-state index >= 15 is 0 Å². The van der Waals surface area contributed by atoms with Crippen molar-refractivity contribution in [3.8, 4) is 0 Å². The van der Waals surface area contributed by atoms with Crippen LogP contribution in [0.1, 0.15) is 44.7 Å². The van der Waals surface area contributed by atoms with Crippen molar-refractivity contribution in [3.05, 3.63) is 65.7 Å². The molecule has 0 aliphatic heterocycles. The quantitative estimate of drug-likeness (QED) is 0.542. The summed E-state index contributed by atoms with van der Waals surface area (Å²) in [5.74, 6) is -0.664. The molecule has 0 aromatic heterocycles. The molecule has 2 aromatic rings. The standard InChI is InChI=1S/C25H35N3O4S/c1-6-20(4)26-25(30)23(7-2)28(17-21-11-9-8-10-12-21)24(29)18-27(5)33(31,32)22-15-13-19(3)14-16-22/h8-16,20,23H,6-7,17-18H2,1-5H3,(H,26,30)/t20-,23+/m1/s1. The van der Waals surface area contributed by atoms with Crippen LogP contribution >= 0.6 is 0 Å². The number of nitrogens with one attached hydrogen (secondary N) is 1. The second-order valence-corrected chi connectivity index (χ2v) is 10.4. The van der Waals surface area contributed by atoms with Gasteiger partial charge in [-0.25, -0.2) is 8.42 Å². The van der Waals surface area contributed by atoms with E-state index in [2.05, 4.69) is 5.32 Å². The molecule has 0 spiro atoms. The summed E-state index contributed by atoms with van der Waals surface area (Å²) in [4.78, 5) is 28.0. The average Bonchev–Trinajstić information content (AvgIpc) is 2.79. The molecule has 0 saturated heterocycles. The van der Waals surface area contributed by atoms with Crippen molar-refractivity contribution < 1.29 is 18.0 Å². The van der Waals surface area contributed by atoms with Crippen molar-refractivity contribution in [1.82, 2.24) is 14.5 Å². The molecule has 0 heterocycles. The number of nitrogens with zero attached hydrogens (tertiary/aromatic N) is 2. The van der Waals surface area contributed by atoms with Crippen LogP contribution in [0, 0.1) is 6.92 Å². The zero-order chi connectivity index (χ0) is 24.6. The Morgan fingerprint density at radius 2 is 1.58 bits per heavy atom. The van der Waals surface area contributed by atoms with Gasteiger partial charge in [-0.05, 0) is 44.4 Å². The summed E-state index contributed by atoms with van der Waals surface area (Å²) in [5.41, 5.74) is 1.81. The van der Waals surface area contributed by atoms with Crippen LogP contribution in [-0.2, 0) is 26.2 Å². The van der Waals surface area contributed by atoms with Gasteiger partial charge in [0.15, 0.2) is 0 Å². The Hall–Kier alpha value is -2.71. The number of hydrogen-bond donors (Lipinski definition) is 1. The summed E-state index contributed by atoms with van der Waals surface area (Å²) >= 11 is 0. The second kappa shape index (κ2) is 12.0. The molecule has 2 rings (SSSR count). The molecule has 7 nitrogen and oxygen atoms in total. The van der Waals surface area contributed by atoms with Crippen molar-refractivity contribution in [3.63, 3.8) is 0 Å². The van der Waals surface area contributed by atoms with Crippen LogP contribution in [0.5, 0.6) is 0 Å². The summed E-state index contributed by atoms with van der Waals surface area (Å²) in [7, 11) is -2.46. The Kier molecular flexibility index (Phi) is 9.61. The Morgan fingerprint density at radius 1 is 0.970 bits per heavy atom. The molecular formula is C25H35N3O4S. The third kappa shape index (κ3) is 7.14. The van der Waals surface area contributed by atoms with Crippen LogP contribution in [-0.4, -0.2) is 55.1 Å². The van der Waals surface area contributed by atoms with Crippen LogP contribution < -0.4 is 5.32 Å². The lowest BCUT2D eigenvalue weighted by Gasteiger charge is -2.32. The molecule has 0 aliphatic carbocycles. The number of sulfonamides is 1. The van der Waals surface area contributed by atoms with Crippen LogP contribution in [0.15, 0.2) is 59.5 Å². The number of carbonyl (C=O) groups is 2. The topological polar surface area (TPSA) is 86.8 Å². The molecule has 2 aromatic carbocycles. The van der Waals surface area contributed by atoms with Crippen molar-refractivity contribution in [2.24, 2.45) is 0 Å². The van der Waals surface area contributed by atoms with Gasteiger partial charge in [-0.3, -0.25) is 9.59 Å². The molecule has 8 heteroatoms. The van der Waals surface area contributed by atoms with E-state index in [0.717, 1.165) is 21.9 Å². The number of hydrogen-bond acceptors (Lipinski definition) is 4. The van der Waals surface area contributed by atoms with Gasteiger partial charge in [0.05, 0.1) is 11.4 Å². The molecule has 1 N–H and O–H groups in total. The second-order valence-electron chi connectivity index (χ2n) is 8.32. The van der Waals surface area contributed by atoms with E-state index in [1.54, 1.807) is 12.1 Å². The largest absolute Gasteiger partial charge is 0.352 e.